The van der Waals surface area contributed by atoms with Crippen LogP contribution in [0.1, 0.15) is 49.7 Å². The Kier molecular flexibility index (Phi) is 5.22. The Morgan fingerprint density at radius 2 is 2.03 bits per heavy atom. The molecule has 0 aromatic heterocycles. The molecule has 0 N–H and O–H groups in total. The number of nitrogens with zero attached hydrogens (tertiary/aromatic N) is 1. The molecule has 3 fully saturated rings. The second kappa shape index (κ2) is 7.46. The van der Waals surface area contributed by atoms with Gasteiger partial charge >= 0.3 is 12.3 Å². The third kappa shape index (κ3) is 4.14. The van der Waals surface area contributed by atoms with Gasteiger partial charge in [-0.05, 0) is 55.2 Å². The van der Waals surface area contributed by atoms with E-state index in [0.29, 0.717) is 44.5 Å². The standard InChI is InChI=1S/C22H26F3NO4/c1-13-7-15(3-4-18(13)30-22(23,24)25)17-5-6-26(11-14(17)2)20(28)16-8-21(9-16)10-19(27)29-12-21/h3-4,7,14,16-17H,5-6,8-12H2,1-2H3/t14-,16?,17+,21?/m0/s1. The number of esters is 1. The topological polar surface area (TPSA) is 55.8 Å². The Morgan fingerprint density at radius 3 is 2.60 bits per heavy atom. The van der Waals surface area contributed by atoms with E-state index in [9.17, 15) is 22.8 Å². The fraction of sp³-hybridized carbons (Fsp3) is 0.636. The lowest BCUT2D eigenvalue weighted by molar-refractivity contribution is -0.274. The third-order valence-electron chi connectivity index (χ3n) is 6.84. The van der Waals surface area contributed by atoms with Gasteiger partial charge in [0.2, 0.25) is 5.91 Å². The van der Waals surface area contributed by atoms with Gasteiger partial charge in [-0.25, -0.2) is 0 Å². The fourth-order valence-electron chi connectivity index (χ4n) is 5.31. The van der Waals surface area contributed by atoms with Crippen molar-refractivity contribution in [3.63, 3.8) is 0 Å². The van der Waals surface area contributed by atoms with Crippen LogP contribution < -0.4 is 4.74 Å². The van der Waals surface area contributed by atoms with Crippen molar-refractivity contribution >= 4 is 11.9 Å². The lowest BCUT2D eigenvalue weighted by atomic mass is 9.61. The van der Waals surface area contributed by atoms with Crippen LogP contribution in [-0.4, -0.2) is 42.8 Å². The van der Waals surface area contributed by atoms with E-state index in [1.165, 1.54) is 6.07 Å². The molecule has 1 amide bonds. The van der Waals surface area contributed by atoms with Gasteiger partial charge in [0.15, 0.2) is 0 Å². The summed E-state index contributed by atoms with van der Waals surface area (Å²) in [6.45, 7) is 5.37. The first-order chi connectivity index (χ1) is 14.1. The van der Waals surface area contributed by atoms with E-state index < -0.39 is 6.36 Å². The molecule has 1 aromatic carbocycles. The summed E-state index contributed by atoms with van der Waals surface area (Å²) in [6.07, 6.45) is -2.09. The first kappa shape index (κ1) is 21.0. The molecule has 0 radical (unpaired) electrons. The summed E-state index contributed by atoms with van der Waals surface area (Å²) in [6, 6.07) is 4.83. The van der Waals surface area contributed by atoms with Crippen LogP contribution in [0.25, 0.3) is 0 Å². The van der Waals surface area contributed by atoms with E-state index in [-0.39, 0.29) is 40.8 Å². The number of ether oxygens (including phenoxy) is 2. The highest BCUT2D eigenvalue weighted by Crippen LogP contribution is 2.52. The molecule has 5 nitrogen and oxygen atoms in total. The van der Waals surface area contributed by atoms with Gasteiger partial charge in [-0.2, -0.15) is 0 Å². The molecule has 1 spiro atoms. The number of aryl methyl sites for hydroxylation is 1. The Hall–Kier alpha value is -2.25. The number of hydrogen-bond acceptors (Lipinski definition) is 4. The van der Waals surface area contributed by atoms with Gasteiger partial charge in [0.25, 0.3) is 0 Å². The van der Waals surface area contributed by atoms with Crippen molar-refractivity contribution in [2.75, 3.05) is 19.7 Å². The van der Waals surface area contributed by atoms with E-state index in [1.54, 1.807) is 19.1 Å². The second-order valence-electron chi connectivity index (χ2n) is 9.17. The van der Waals surface area contributed by atoms with Crippen LogP contribution >= 0.6 is 0 Å². The molecule has 0 unspecified atom stereocenters. The zero-order valence-electron chi connectivity index (χ0n) is 17.1. The van der Waals surface area contributed by atoms with Crippen molar-refractivity contribution in [3.05, 3.63) is 29.3 Å². The molecule has 1 saturated carbocycles. The predicted octanol–water partition coefficient (Wildman–Crippen LogP) is 4.19. The normalized spacial score (nSPS) is 31.4. The van der Waals surface area contributed by atoms with E-state index in [0.717, 1.165) is 12.0 Å². The van der Waals surface area contributed by atoms with Crippen molar-refractivity contribution in [2.24, 2.45) is 17.3 Å². The first-order valence-electron chi connectivity index (χ1n) is 10.4. The van der Waals surface area contributed by atoms with Crippen LogP contribution in [0.4, 0.5) is 13.2 Å². The van der Waals surface area contributed by atoms with Crippen molar-refractivity contribution in [1.29, 1.82) is 0 Å². The van der Waals surface area contributed by atoms with Crippen LogP contribution in [0, 0.1) is 24.2 Å². The number of piperidine rings is 1. The van der Waals surface area contributed by atoms with Crippen molar-refractivity contribution in [3.8, 4) is 5.75 Å². The average Bonchev–Trinajstić information content (AvgIpc) is 3.03. The molecular formula is C22H26F3NO4. The maximum atomic E-state index is 12.9. The smallest absolute Gasteiger partial charge is 0.465 e. The lowest BCUT2D eigenvalue weighted by Gasteiger charge is -2.46. The van der Waals surface area contributed by atoms with Crippen LogP contribution in [0.15, 0.2) is 18.2 Å². The molecule has 1 aliphatic carbocycles. The number of amides is 1. The van der Waals surface area contributed by atoms with Crippen LogP contribution in [0.2, 0.25) is 0 Å². The third-order valence-corrected chi connectivity index (χ3v) is 6.84. The molecule has 0 bridgehead atoms. The summed E-state index contributed by atoms with van der Waals surface area (Å²) in [5.41, 5.74) is 1.30. The first-order valence-corrected chi connectivity index (χ1v) is 10.4. The molecule has 1 aromatic rings. The summed E-state index contributed by atoms with van der Waals surface area (Å²) in [5.74, 6) is 0.139. The van der Waals surface area contributed by atoms with Gasteiger partial charge in [-0.3, -0.25) is 9.59 Å². The molecular weight excluding hydrogens is 399 g/mol. The average molecular weight is 425 g/mol. The number of alkyl halides is 3. The number of carbonyl (C=O) groups excluding carboxylic acids is 2. The number of likely N-dealkylation sites (tertiary alicyclic amines) is 1. The van der Waals surface area contributed by atoms with E-state index >= 15 is 0 Å². The van der Waals surface area contributed by atoms with Gasteiger partial charge in [-0.15, -0.1) is 13.2 Å². The van der Waals surface area contributed by atoms with Crippen molar-refractivity contribution < 1.29 is 32.2 Å². The van der Waals surface area contributed by atoms with Gasteiger partial charge in [0.05, 0.1) is 13.0 Å². The number of cyclic esters (lactones) is 1. The maximum Gasteiger partial charge on any atom is 0.573 e. The summed E-state index contributed by atoms with van der Waals surface area (Å²) < 4.78 is 46.6. The molecule has 2 saturated heterocycles. The molecule has 2 heterocycles. The zero-order valence-corrected chi connectivity index (χ0v) is 17.1. The second-order valence-corrected chi connectivity index (χ2v) is 9.17. The quantitative estimate of drug-likeness (QED) is 0.682. The highest BCUT2D eigenvalue weighted by atomic mass is 19.4. The maximum absolute atomic E-state index is 12.9. The predicted molar refractivity (Wildman–Crippen MR) is 102 cm³/mol. The number of carbonyl (C=O) groups is 2. The molecule has 2 aliphatic heterocycles. The van der Waals surface area contributed by atoms with E-state index in [1.807, 2.05) is 4.90 Å². The SMILES string of the molecule is Cc1cc([C@@H]2CCN(C(=O)C3CC4(COC(=O)C4)C3)C[C@@H]2C)ccc1OC(F)(F)F. The molecule has 8 heteroatoms. The van der Waals surface area contributed by atoms with Gasteiger partial charge < -0.3 is 14.4 Å². The van der Waals surface area contributed by atoms with E-state index in [4.69, 9.17) is 4.74 Å². The zero-order chi connectivity index (χ0) is 21.7. The monoisotopic (exact) mass is 425 g/mol. The number of halogens is 3. The minimum Gasteiger partial charge on any atom is -0.465 e. The summed E-state index contributed by atoms with van der Waals surface area (Å²) >= 11 is 0. The lowest BCUT2D eigenvalue weighted by Crippen LogP contribution is -2.50. The summed E-state index contributed by atoms with van der Waals surface area (Å²) in [5, 5.41) is 0. The molecule has 164 valence electrons. The summed E-state index contributed by atoms with van der Waals surface area (Å²) in [4.78, 5) is 26.2. The van der Waals surface area contributed by atoms with Crippen molar-refractivity contribution in [2.45, 2.75) is 51.8 Å². The van der Waals surface area contributed by atoms with E-state index in [2.05, 4.69) is 11.7 Å². The number of rotatable bonds is 3. The van der Waals surface area contributed by atoms with Crippen LogP contribution in [-0.2, 0) is 14.3 Å². The molecule has 2 atom stereocenters. The molecule has 3 aliphatic rings. The Balaban J connectivity index is 1.35. The van der Waals surface area contributed by atoms with Gasteiger partial charge in [0, 0.05) is 24.4 Å². The highest BCUT2D eigenvalue weighted by molar-refractivity contribution is 5.81. The number of benzene rings is 1. The fourth-order valence-corrected chi connectivity index (χ4v) is 5.31. The largest absolute Gasteiger partial charge is 0.573 e. The van der Waals surface area contributed by atoms with Crippen LogP contribution in [0.5, 0.6) is 5.75 Å². The minimum atomic E-state index is -4.71. The highest BCUT2D eigenvalue weighted by Gasteiger charge is 2.53. The van der Waals surface area contributed by atoms with Crippen LogP contribution in [0.3, 0.4) is 0 Å². The van der Waals surface area contributed by atoms with Gasteiger partial charge in [-0.1, -0.05) is 19.1 Å². The summed E-state index contributed by atoms with van der Waals surface area (Å²) in [7, 11) is 0. The minimum absolute atomic E-state index is 0.0377. The Morgan fingerprint density at radius 1 is 1.30 bits per heavy atom. The Labute approximate surface area is 173 Å². The number of hydrogen-bond donors (Lipinski definition) is 0. The molecule has 4 rings (SSSR count). The molecule has 30 heavy (non-hydrogen) atoms. The van der Waals surface area contributed by atoms with Gasteiger partial charge in [0.1, 0.15) is 5.75 Å². The Bertz CT molecular complexity index is 847. The van der Waals surface area contributed by atoms with Crippen molar-refractivity contribution in [1.82, 2.24) is 4.90 Å².